The topological polar surface area (TPSA) is 123 Å². The monoisotopic (exact) mass is 472 g/mol. The van der Waals surface area contributed by atoms with Crippen LogP contribution in [-0.4, -0.2) is 72.3 Å². The summed E-state index contributed by atoms with van der Waals surface area (Å²) in [6, 6.07) is 7.69. The Morgan fingerprint density at radius 1 is 1.00 bits per heavy atom. The molecule has 1 aromatic carbocycles. The minimum Gasteiger partial charge on any atom is -0.460 e. The average Bonchev–Trinajstić information content (AvgIpc) is 3.31. The zero-order valence-corrected chi connectivity index (χ0v) is 19.4. The van der Waals surface area contributed by atoms with Crippen LogP contribution in [0.2, 0.25) is 0 Å². The van der Waals surface area contributed by atoms with Gasteiger partial charge in [0.25, 0.3) is 15.9 Å². The van der Waals surface area contributed by atoms with Crippen molar-refractivity contribution in [3.63, 3.8) is 0 Å². The number of sulfonamides is 1. The molecule has 0 bridgehead atoms. The fraction of sp³-hybridized carbons (Fsp3) is 0.364. The van der Waals surface area contributed by atoms with Crippen molar-refractivity contribution < 1.29 is 27.2 Å². The SMILES string of the molecule is CCOC(=O)c1ccc(S(=O)(=O)N2CCN(C(=O)c3ccc4nc(C)c(C)nc4c3)CC2)o1. The third-order valence-electron chi connectivity index (χ3n) is 5.50. The highest BCUT2D eigenvalue weighted by molar-refractivity contribution is 7.89. The predicted molar refractivity (Wildman–Crippen MR) is 118 cm³/mol. The molecule has 1 aliphatic rings. The molecule has 0 radical (unpaired) electrons. The summed E-state index contributed by atoms with van der Waals surface area (Å²) >= 11 is 0. The summed E-state index contributed by atoms with van der Waals surface area (Å²) in [7, 11) is -3.94. The number of piperazine rings is 1. The first kappa shape index (κ1) is 22.9. The Labute approximate surface area is 191 Å². The van der Waals surface area contributed by atoms with Crippen LogP contribution in [0.1, 0.15) is 39.2 Å². The van der Waals surface area contributed by atoms with Gasteiger partial charge in [-0.15, -0.1) is 0 Å². The lowest BCUT2D eigenvalue weighted by atomic mass is 10.1. The Morgan fingerprint density at radius 2 is 1.67 bits per heavy atom. The van der Waals surface area contributed by atoms with Gasteiger partial charge in [0.05, 0.1) is 29.0 Å². The van der Waals surface area contributed by atoms with E-state index in [-0.39, 0.29) is 49.5 Å². The van der Waals surface area contributed by atoms with Gasteiger partial charge in [-0.2, -0.15) is 4.31 Å². The molecule has 0 aliphatic carbocycles. The number of rotatable bonds is 5. The molecule has 0 saturated carbocycles. The van der Waals surface area contributed by atoms with E-state index in [0.717, 1.165) is 11.4 Å². The van der Waals surface area contributed by atoms with Crippen LogP contribution in [0.4, 0.5) is 0 Å². The lowest BCUT2D eigenvalue weighted by Crippen LogP contribution is -2.50. The number of esters is 1. The fourth-order valence-corrected chi connectivity index (χ4v) is 4.91. The van der Waals surface area contributed by atoms with Gasteiger partial charge < -0.3 is 14.1 Å². The van der Waals surface area contributed by atoms with Crippen LogP contribution < -0.4 is 0 Å². The van der Waals surface area contributed by atoms with E-state index in [2.05, 4.69) is 9.97 Å². The van der Waals surface area contributed by atoms with Crippen molar-refractivity contribution >= 4 is 32.9 Å². The fourth-order valence-electron chi connectivity index (χ4n) is 3.58. The first-order valence-electron chi connectivity index (χ1n) is 10.5. The van der Waals surface area contributed by atoms with E-state index in [1.54, 1.807) is 30.0 Å². The number of nitrogens with zero attached hydrogens (tertiary/aromatic N) is 4. The maximum absolute atomic E-state index is 13.0. The number of furan rings is 1. The second kappa shape index (κ2) is 8.91. The van der Waals surface area contributed by atoms with Crippen LogP contribution in [0.25, 0.3) is 11.0 Å². The van der Waals surface area contributed by atoms with E-state index in [1.807, 2.05) is 13.8 Å². The van der Waals surface area contributed by atoms with Gasteiger partial charge in [-0.05, 0) is 51.1 Å². The van der Waals surface area contributed by atoms with Gasteiger partial charge in [0.1, 0.15) is 0 Å². The number of hydrogen-bond donors (Lipinski definition) is 0. The van der Waals surface area contributed by atoms with Crippen LogP contribution in [0.3, 0.4) is 0 Å². The molecule has 0 spiro atoms. The van der Waals surface area contributed by atoms with Crippen LogP contribution in [0.5, 0.6) is 0 Å². The van der Waals surface area contributed by atoms with Gasteiger partial charge in [0, 0.05) is 31.7 Å². The molecule has 1 saturated heterocycles. The predicted octanol–water partition coefficient (Wildman–Crippen LogP) is 2.16. The third-order valence-corrected chi connectivity index (χ3v) is 7.27. The molecule has 2 aromatic heterocycles. The molecule has 1 fully saturated rings. The second-order valence-electron chi connectivity index (χ2n) is 7.63. The number of benzene rings is 1. The van der Waals surface area contributed by atoms with Crippen LogP contribution in [0.15, 0.2) is 39.8 Å². The molecule has 3 aromatic rings. The Balaban J connectivity index is 1.45. The summed E-state index contributed by atoms with van der Waals surface area (Å²) in [6.45, 7) is 6.21. The van der Waals surface area contributed by atoms with Crippen molar-refractivity contribution in [3.05, 3.63) is 53.0 Å². The van der Waals surface area contributed by atoms with Gasteiger partial charge >= 0.3 is 5.97 Å². The maximum atomic E-state index is 13.0. The lowest BCUT2D eigenvalue weighted by Gasteiger charge is -2.33. The molecule has 1 amide bonds. The van der Waals surface area contributed by atoms with E-state index in [4.69, 9.17) is 9.15 Å². The number of carbonyl (C=O) groups is 2. The van der Waals surface area contributed by atoms with Crippen LogP contribution in [0, 0.1) is 13.8 Å². The molecule has 0 N–H and O–H groups in total. The third kappa shape index (κ3) is 4.46. The number of fused-ring (bicyclic) bond motifs is 1. The molecule has 33 heavy (non-hydrogen) atoms. The summed E-state index contributed by atoms with van der Waals surface area (Å²) in [6.07, 6.45) is 0. The smallest absolute Gasteiger partial charge is 0.374 e. The summed E-state index contributed by atoms with van der Waals surface area (Å²) in [5.41, 5.74) is 3.47. The zero-order chi connectivity index (χ0) is 23.8. The molecular weight excluding hydrogens is 448 g/mol. The molecule has 0 unspecified atom stereocenters. The average molecular weight is 473 g/mol. The molecule has 0 atom stereocenters. The number of hydrogen-bond acceptors (Lipinski definition) is 8. The zero-order valence-electron chi connectivity index (χ0n) is 18.6. The summed E-state index contributed by atoms with van der Waals surface area (Å²) in [4.78, 5) is 35.3. The number of amides is 1. The molecule has 10 nitrogen and oxygen atoms in total. The van der Waals surface area contributed by atoms with Crippen molar-refractivity contribution in [2.24, 2.45) is 0 Å². The van der Waals surface area contributed by atoms with Crippen molar-refractivity contribution in [3.8, 4) is 0 Å². The number of ether oxygens (including phenoxy) is 1. The van der Waals surface area contributed by atoms with E-state index >= 15 is 0 Å². The highest BCUT2D eigenvalue weighted by Crippen LogP contribution is 2.22. The Morgan fingerprint density at radius 3 is 2.33 bits per heavy atom. The minimum atomic E-state index is -3.94. The Bertz CT molecular complexity index is 1330. The maximum Gasteiger partial charge on any atom is 0.374 e. The normalized spacial score (nSPS) is 15.1. The molecule has 174 valence electrons. The standard InChI is InChI=1S/C22H24N4O6S/c1-4-31-22(28)19-7-8-20(32-19)33(29,30)26-11-9-25(10-12-26)21(27)16-5-6-17-18(13-16)24-15(3)14(2)23-17/h5-8,13H,4,9-12H2,1-3H3. The summed E-state index contributed by atoms with van der Waals surface area (Å²) < 4.78 is 37.1. The number of aromatic nitrogens is 2. The lowest BCUT2D eigenvalue weighted by molar-refractivity contribution is 0.0483. The van der Waals surface area contributed by atoms with Gasteiger partial charge in [-0.3, -0.25) is 4.79 Å². The van der Waals surface area contributed by atoms with E-state index < -0.39 is 16.0 Å². The number of carbonyl (C=O) groups excluding carboxylic acids is 2. The summed E-state index contributed by atoms with van der Waals surface area (Å²) in [5.74, 6) is -1.09. The van der Waals surface area contributed by atoms with E-state index in [0.29, 0.717) is 16.6 Å². The van der Waals surface area contributed by atoms with Crippen LogP contribution >= 0.6 is 0 Å². The van der Waals surface area contributed by atoms with Gasteiger partial charge in [-0.25, -0.2) is 23.2 Å². The van der Waals surface area contributed by atoms with Crippen molar-refractivity contribution in [1.29, 1.82) is 0 Å². The van der Waals surface area contributed by atoms with E-state index in [1.165, 1.54) is 16.4 Å². The van der Waals surface area contributed by atoms with Gasteiger partial charge in [0.2, 0.25) is 10.9 Å². The second-order valence-corrected chi connectivity index (χ2v) is 9.50. The van der Waals surface area contributed by atoms with Crippen LogP contribution in [-0.2, 0) is 14.8 Å². The first-order chi connectivity index (χ1) is 15.7. The number of aryl methyl sites for hydroxylation is 2. The van der Waals surface area contributed by atoms with Gasteiger partial charge in [0.15, 0.2) is 0 Å². The highest BCUT2D eigenvalue weighted by atomic mass is 32.2. The molecule has 11 heteroatoms. The molecule has 4 rings (SSSR count). The summed E-state index contributed by atoms with van der Waals surface area (Å²) in [5, 5.41) is -0.330. The largest absolute Gasteiger partial charge is 0.460 e. The Kier molecular flexibility index (Phi) is 6.17. The van der Waals surface area contributed by atoms with Crippen molar-refractivity contribution in [1.82, 2.24) is 19.2 Å². The van der Waals surface area contributed by atoms with E-state index in [9.17, 15) is 18.0 Å². The minimum absolute atomic E-state index is 0.106. The van der Waals surface area contributed by atoms with Crippen molar-refractivity contribution in [2.75, 3.05) is 32.8 Å². The molecule has 3 heterocycles. The molecular formula is C22H24N4O6S. The van der Waals surface area contributed by atoms with Crippen molar-refractivity contribution in [2.45, 2.75) is 25.9 Å². The highest BCUT2D eigenvalue weighted by Gasteiger charge is 2.33. The first-order valence-corrected chi connectivity index (χ1v) is 12.0. The molecule has 1 aliphatic heterocycles. The quantitative estimate of drug-likeness (QED) is 0.518. The Hall–Kier alpha value is -3.31. The van der Waals surface area contributed by atoms with Gasteiger partial charge in [-0.1, -0.05) is 0 Å².